The van der Waals surface area contributed by atoms with Crippen molar-refractivity contribution < 1.29 is 9.53 Å². The van der Waals surface area contributed by atoms with E-state index in [1.165, 1.54) is 0 Å². The van der Waals surface area contributed by atoms with Gasteiger partial charge in [0.2, 0.25) is 0 Å². The third kappa shape index (κ3) is 3.70. The first-order valence-electron chi connectivity index (χ1n) is 5.73. The molecule has 0 aromatic rings. The number of rotatable bonds is 3. The number of hydrogen-bond acceptors (Lipinski definition) is 2. The largest absolute Gasteiger partial charge is 0.378 e. The molecule has 1 atom stereocenters. The van der Waals surface area contributed by atoms with Gasteiger partial charge in [-0.05, 0) is 5.92 Å². The maximum atomic E-state index is 11.9. The minimum atomic E-state index is 0.138. The topological polar surface area (TPSA) is 32.8 Å². The van der Waals surface area contributed by atoms with Crippen molar-refractivity contribution in [2.75, 3.05) is 39.9 Å². The molecule has 88 valence electrons. The van der Waals surface area contributed by atoms with Gasteiger partial charge in [0.1, 0.15) is 0 Å². The van der Waals surface area contributed by atoms with Crippen LogP contribution in [0.25, 0.3) is 0 Å². The van der Waals surface area contributed by atoms with Crippen LogP contribution >= 0.6 is 0 Å². The Morgan fingerprint density at radius 3 is 2.60 bits per heavy atom. The van der Waals surface area contributed by atoms with Gasteiger partial charge in [-0.2, -0.15) is 0 Å². The second-order valence-corrected chi connectivity index (χ2v) is 4.28. The molecule has 4 nitrogen and oxygen atoms in total. The molecule has 1 rings (SSSR count). The zero-order valence-corrected chi connectivity index (χ0v) is 10.0. The minimum absolute atomic E-state index is 0.138. The highest BCUT2D eigenvalue weighted by atomic mass is 16.5. The lowest BCUT2D eigenvalue weighted by Crippen LogP contribution is -2.47. The number of carbonyl (C=O) groups excluding carboxylic acids is 1. The average molecular weight is 214 g/mol. The number of urea groups is 1. The summed E-state index contributed by atoms with van der Waals surface area (Å²) >= 11 is 0. The fourth-order valence-electron chi connectivity index (χ4n) is 1.67. The maximum absolute atomic E-state index is 11.9. The SMILES string of the molecule is CCC(C)CN(C)C(=O)N1CCOCC1. The van der Waals surface area contributed by atoms with E-state index >= 15 is 0 Å². The van der Waals surface area contributed by atoms with Gasteiger partial charge in [0.15, 0.2) is 0 Å². The summed E-state index contributed by atoms with van der Waals surface area (Å²) in [6.45, 7) is 7.95. The van der Waals surface area contributed by atoms with Crippen LogP contribution in [0.2, 0.25) is 0 Å². The van der Waals surface area contributed by atoms with Gasteiger partial charge < -0.3 is 14.5 Å². The van der Waals surface area contributed by atoms with Crippen molar-refractivity contribution in [1.82, 2.24) is 9.80 Å². The van der Waals surface area contributed by atoms with Crippen molar-refractivity contribution >= 4 is 6.03 Å². The Kier molecular flexibility index (Phi) is 4.88. The van der Waals surface area contributed by atoms with Crippen molar-refractivity contribution in [2.24, 2.45) is 5.92 Å². The molecule has 0 N–H and O–H groups in total. The average Bonchev–Trinajstić information content (AvgIpc) is 2.29. The zero-order chi connectivity index (χ0) is 11.3. The van der Waals surface area contributed by atoms with Gasteiger partial charge in [-0.25, -0.2) is 4.79 Å². The van der Waals surface area contributed by atoms with Crippen LogP contribution in [0, 0.1) is 5.92 Å². The maximum Gasteiger partial charge on any atom is 0.319 e. The van der Waals surface area contributed by atoms with Gasteiger partial charge in [0.05, 0.1) is 13.2 Å². The Morgan fingerprint density at radius 1 is 1.47 bits per heavy atom. The first-order chi connectivity index (χ1) is 7.15. The molecule has 0 radical (unpaired) electrons. The van der Waals surface area contributed by atoms with Gasteiger partial charge in [-0.3, -0.25) is 0 Å². The molecule has 0 saturated carbocycles. The summed E-state index contributed by atoms with van der Waals surface area (Å²) in [6, 6.07) is 0.138. The standard InChI is InChI=1S/C11H22N2O2/c1-4-10(2)9-12(3)11(14)13-5-7-15-8-6-13/h10H,4-9H2,1-3H3. The molecule has 1 aliphatic rings. The Morgan fingerprint density at radius 2 is 2.07 bits per heavy atom. The smallest absolute Gasteiger partial charge is 0.319 e. The third-order valence-electron chi connectivity index (χ3n) is 2.89. The monoisotopic (exact) mass is 214 g/mol. The number of amides is 2. The number of carbonyl (C=O) groups is 1. The first-order valence-corrected chi connectivity index (χ1v) is 5.73. The molecule has 0 bridgehead atoms. The van der Waals surface area contributed by atoms with Gasteiger partial charge in [-0.15, -0.1) is 0 Å². The second-order valence-electron chi connectivity index (χ2n) is 4.28. The quantitative estimate of drug-likeness (QED) is 0.711. The van der Waals surface area contributed by atoms with Gasteiger partial charge in [0.25, 0.3) is 0 Å². The molecule has 1 fully saturated rings. The number of hydrogen-bond donors (Lipinski definition) is 0. The van der Waals surface area contributed by atoms with Crippen molar-refractivity contribution in [3.05, 3.63) is 0 Å². The molecule has 4 heteroatoms. The van der Waals surface area contributed by atoms with Crippen molar-refractivity contribution in [2.45, 2.75) is 20.3 Å². The van der Waals surface area contributed by atoms with Crippen LogP contribution in [0.3, 0.4) is 0 Å². The van der Waals surface area contributed by atoms with E-state index in [1.807, 2.05) is 16.8 Å². The number of morpholine rings is 1. The van der Waals surface area contributed by atoms with Crippen LogP contribution in [-0.4, -0.2) is 55.7 Å². The highest BCUT2D eigenvalue weighted by molar-refractivity contribution is 5.74. The lowest BCUT2D eigenvalue weighted by molar-refractivity contribution is 0.0444. The van der Waals surface area contributed by atoms with E-state index in [1.54, 1.807) is 0 Å². The lowest BCUT2D eigenvalue weighted by atomic mass is 10.1. The second kappa shape index (κ2) is 5.95. The van der Waals surface area contributed by atoms with E-state index in [0.717, 1.165) is 26.1 Å². The summed E-state index contributed by atoms with van der Waals surface area (Å²) in [6.07, 6.45) is 1.11. The van der Waals surface area contributed by atoms with E-state index in [-0.39, 0.29) is 6.03 Å². The Balaban J connectivity index is 2.37. The van der Waals surface area contributed by atoms with Crippen molar-refractivity contribution in [3.8, 4) is 0 Å². The van der Waals surface area contributed by atoms with Crippen LogP contribution < -0.4 is 0 Å². The van der Waals surface area contributed by atoms with Crippen molar-refractivity contribution in [1.29, 1.82) is 0 Å². The minimum Gasteiger partial charge on any atom is -0.378 e. The Bertz CT molecular complexity index is 203. The number of nitrogens with zero attached hydrogens (tertiary/aromatic N) is 2. The molecule has 0 aliphatic carbocycles. The molecule has 1 heterocycles. The first kappa shape index (κ1) is 12.3. The van der Waals surface area contributed by atoms with E-state index in [2.05, 4.69) is 13.8 Å². The van der Waals surface area contributed by atoms with Crippen molar-refractivity contribution in [3.63, 3.8) is 0 Å². The molecule has 0 aromatic carbocycles. The fourth-order valence-corrected chi connectivity index (χ4v) is 1.67. The molecule has 0 aromatic heterocycles. The van der Waals surface area contributed by atoms with Crippen LogP contribution in [0.4, 0.5) is 4.79 Å². The summed E-state index contributed by atoms with van der Waals surface area (Å²) < 4.78 is 5.22. The van der Waals surface area contributed by atoms with E-state index in [0.29, 0.717) is 19.1 Å². The molecule has 15 heavy (non-hydrogen) atoms. The van der Waals surface area contributed by atoms with Gasteiger partial charge >= 0.3 is 6.03 Å². The lowest BCUT2D eigenvalue weighted by Gasteiger charge is -2.32. The van der Waals surface area contributed by atoms with Crippen LogP contribution in [-0.2, 0) is 4.74 Å². The summed E-state index contributed by atoms with van der Waals surface area (Å²) in [5.74, 6) is 0.569. The van der Waals surface area contributed by atoms with Crippen LogP contribution in [0.15, 0.2) is 0 Å². The normalized spacial score (nSPS) is 18.7. The Labute approximate surface area is 92.2 Å². The predicted molar refractivity (Wildman–Crippen MR) is 59.9 cm³/mol. The van der Waals surface area contributed by atoms with E-state index < -0.39 is 0 Å². The highest BCUT2D eigenvalue weighted by Crippen LogP contribution is 2.06. The van der Waals surface area contributed by atoms with E-state index in [4.69, 9.17) is 4.74 Å². The van der Waals surface area contributed by atoms with Gasteiger partial charge in [0, 0.05) is 26.7 Å². The molecule has 1 aliphatic heterocycles. The Hall–Kier alpha value is -0.770. The molecular formula is C11H22N2O2. The predicted octanol–water partition coefficient (Wildman–Crippen LogP) is 1.42. The third-order valence-corrected chi connectivity index (χ3v) is 2.89. The summed E-state index contributed by atoms with van der Waals surface area (Å²) in [5, 5.41) is 0. The molecule has 2 amide bonds. The van der Waals surface area contributed by atoms with E-state index in [9.17, 15) is 4.79 Å². The fraction of sp³-hybridized carbons (Fsp3) is 0.909. The summed E-state index contributed by atoms with van der Waals surface area (Å²) in [4.78, 5) is 15.6. The summed E-state index contributed by atoms with van der Waals surface area (Å²) in [5.41, 5.74) is 0. The summed E-state index contributed by atoms with van der Waals surface area (Å²) in [7, 11) is 1.88. The van der Waals surface area contributed by atoms with Gasteiger partial charge in [-0.1, -0.05) is 20.3 Å². The highest BCUT2D eigenvalue weighted by Gasteiger charge is 2.20. The van der Waals surface area contributed by atoms with Crippen LogP contribution in [0.5, 0.6) is 0 Å². The number of ether oxygens (including phenoxy) is 1. The molecule has 0 spiro atoms. The molecule has 1 saturated heterocycles. The molecular weight excluding hydrogens is 192 g/mol. The molecule has 1 unspecified atom stereocenters. The van der Waals surface area contributed by atoms with Crippen LogP contribution in [0.1, 0.15) is 20.3 Å². The zero-order valence-electron chi connectivity index (χ0n) is 10.0.